The molecule has 2 heterocycles. The van der Waals surface area contributed by atoms with Crippen LogP contribution in [0.15, 0.2) is 46.9 Å². The second kappa shape index (κ2) is 11.4. The predicted molar refractivity (Wildman–Crippen MR) is 129 cm³/mol. The van der Waals surface area contributed by atoms with Gasteiger partial charge in [0, 0.05) is 50.6 Å². The fraction of sp³-hybridized carbons (Fsp3) is 0.238. The van der Waals surface area contributed by atoms with E-state index in [0.29, 0.717) is 6.54 Å². The lowest BCUT2D eigenvalue weighted by molar-refractivity contribution is 0.977. The maximum atomic E-state index is 6.20. The molecule has 29 heavy (non-hydrogen) atoms. The van der Waals surface area contributed by atoms with Gasteiger partial charge in [0.1, 0.15) is 0 Å². The number of benzene rings is 2. The Morgan fingerprint density at radius 3 is 2.69 bits per heavy atom. The van der Waals surface area contributed by atoms with Crippen LogP contribution in [0.1, 0.15) is 19.4 Å². The number of aromatic nitrogens is 2. The van der Waals surface area contributed by atoms with Gasteiger partial charge in [-0.3, -0.25) is 4.99 Å². The van der Waals surface area contributed by atoms with E-state index in [-0.39, 0.29) is 0 Å². The first kappa shape index (κ1) is 22.7. The molecule has 0 aliphatic heterocycles. The summed E-state index contributed by atoms with van der Waals surface area (Å²) in [6.45, 7) is 4.64. The zero-order chi connectivity index (χ0) is 21.2. The van der Waals surface area contributed by atoms with Crippen molar-refractivity contribution in [2.24, 2.45) is 16.5 Å². The molecule has 0 fully saturated rings. The van der Waals surface area contributed by atoms with Crippen LogP contribution in [0.2, 0.25) is 5.02 Å². The molecule has 6 nitrogen and oxygen atoms in total. The topological polar surface area (TPSA) is 105 Å². The third-order valence-corrected chi connectivity index (χ3v) is 4.97. The van der Waals surface area contributed by atoms with Crippen LogP contribution < -0.4 is 16.8 Å². The maximum Gasteiger partial charge on any atom is 0.187 e. The molecular weight excluding hydrogens is 404 g/mol. The molecule has 2 aromatic carbocycles. The number of nitrogens with one attached hydrogen (secondary N) is 2. The van der Waals surface area contributed by atoms with Crippen LogP contribution in [0.5, 0.6) is 0 Å². The quantitative estimate of drug-likeness (QED) is 0.254. The van der Waals surface area contributed by atoms with Gasteiger partial charge in [0.15, 0.2) is 5.13 Å². The normalized spacial score (nSPS) is 10.5. The van der Waals surface area contributed by atoms with Gasteiger partial charge >= 0.3 is 0 Å². The fourth-order valence-electron chi connectivity index (χ4n) is 2.98. The van der Waals surface area contributed by atoms with Crippen molar-refractivity contribution < 1.29 is 0 Å². The molecule has 0 aliphatic carbocycles. The van der Waals surface area contributed by atoms with Crippen molar-refractivity contribution in [1.82, 2.24) is 9.97 Å². The molecular formula is C21H27ClN6S. The smallest absolute Gasteiger partial charge is 0.187 e. The summed E-state index contributed by atoms with van der Waals surface area (Å²) in [6.07, 6.45) is 3.92. The first-order valence-electron chi connectivity index (χ1n) is 9.43. The Labute approximate surface area is 180 Å². The minimum Gasteiger partial charge on any atom is -0.390 e. The number of H-pyrrole nitrogens is 1. The first-order chi connectivity index (χ1) is 14.2. The molecule has 0 aliphatic rings. The van der Waals surface area contributed by atoms with E-state index in [0.717, 1.165) is 44.1 Å². The van der Waals surface area contributed by atoms with E-state index >= 15 is 0 Å². The number of aliphatic imine (C=N–C) groups is 1. The van der Waals surface area contributed by atoms with Gasteiger partial charge < -0.3 is 21.8 Å². The zero-order valence-corrected chi connectivity index (χ0v) is 18.4. The summed E-state index contributed by atoms with van der Waals surface area (Å²) in [5, 5.41) is 9.14. The standard InChI is InChI=1S/C18H16ClN5S.C2H6.CH5N/c19-12-1-2-16-14(8-12)15-9-13(23-18-22-5-6-25-18)7-11(17(15)24-16)3-4-21-10-20;2*1-2/h1-2,5-10,24H,3-4H2,(H2,20,21)(H,22,23);1-2H3;2H2,1H3. The highest BCUT2D eigenvalue weighted by molar-refractivity contribution is 7.13. The molecule has 0 saturated carbocycles. The average molecular weight is 431 g/mol. The third-order valence-electron chi connectivity index (χ3n) is 4.05. The number of nitrogens with zero attached hydrogens (tertiary/aromatic N) is 2. The van der Waals surface area contributed by atoms with Gasteiger partial charge in [-0.2, -0.15) is 0 Å². The van der Waals surface area contributed by atoms with Crippen molar-refractivity contribution in [2.45, 2.75) is 20.3 Å². The molecule has 6 N–H and O–H groups in total. The molecule has 0 radical (unpaired) electrons. The number of nitrogens with two attached hydrogens (primary N) is 2. The Bertz CT molecular complexity index is 1060. The maximum absolute atomic E-state index is 6.20. The van der Waals surface area contributed by atoms with E-state index in [1.54, 1.807) is 17.5 Å². The SMILES string of the molecule is CC.CN.NC=NCCc1cc(Nc2nccs2)cc2c1[nH]c1ccc(Cl)cc12. The van der Waals surface area contributed by atoms with Gasteiger partial charge in [0.2, 0.25) is 0 Å². The molecule has 0 bridgehead atoms. The van der Waals surface area contributed by atoms with Crippen molar-refractivity contribution in [3.63, 3.8) is 0 Å². The number of hydrogen-bond acceptors (Lipinski definition) is 5. The highest BCUT2D eigenvalue weighted by Crippen LogP contribution is 2.33. The van der Waals surface area contributed by atoms with Crippen LogP contribution >= 0.6 is 22.9 Å². The Hall–Kier alpha value is -2.61. The average Bonchev–Trinajstić information content (AvgIpc) is 3.39. The summed E-state index contributed by atoms with van der Waals surface area (Å²) in [7, 11) is 1.50. The van der Waals surface area contributed by atoms with Gasteiger partial charge in [-0.25, -0.2) is 4.98 Å². The second-order valence-corrected chi connectivity index (χ2v) is 6.97. The predicted octanol–water partition coefficient (Wildman–Crippen LogP) is 5.31. The molecule has 2 aromatic heterocycles. The Morgan fingerprint density at radius 2 is 2.00 bits per heavy atom. The first-order valence-corrected chi connectivity index (χ1v) is 10.7. The lowest BCUT2D eigenvalue weighted by Crippen LogP contribution is -1.97. The number of hydrogen-bond donors (Lipinski definition) is 4. The summed E-state index contributed by atoms with van der Waals surface area (Å²) >= 11 is 7.77. The monoisotopic (exact) mass is 430 g/mol. The lowest BCUT2D eigenvalue weighted by atomic mass is 10.1. The fourth-order valence-corrected chi connectivity index (χ4v) is 3.70. The van der Waals surface area contributed by atoms with Crippen molar-refractivity contribution in [2.75, 3.05) is 18.9 Å². The van der Waals surface area contributed by atoms with Gasteiger partial charge in [0.05, 0.1) is 6.34 Å². The number of thiazole rings is 1. The minimum absolute atomic E-state index is 0.641. The number of rotatable bonds is 5. The molecule has 0 saturated heterocycles. The van der Waals surface area contributed by atoms with Gasteiger partial charge in [0.25, 0.3) is 0 Å². The Balaban J connectivity index is 0.000000707. The van der Waals surface area contributed by atoms with Crippen molar-refractivity contribution in [1.29, 1.82) is 0 Å². The lowest BCUT2D eigenvalue weighted by Gasteiger charge is -2.08. The molecule has 154 valence electrons. The van der Waals surface area contributed by atoms with Crippen LogP contribution in [-0.2, 0) is 6.42 Å². The van der Waals surface area contributed by atoms with Gasteiger partial charge in [-0.15, -0.1) is 11.3 Å². The second-order valence-electron chi connectivity index (χ2n) is 5.64. The largest absolute Gasteiger partial charge is 0.390 e. The summed E-state index contributed by atoms with van der Waals surface area (Å²) in [5.41, 5.74) is 14.2. The number of anilines is 2. The van der Waals surface area contributed by atoms with Gasteiger partial charge in [-0.05, 0) is 49.4 Å². The summed E-state index contributed by atoms with van der Waals surface area (Å²) in [5.74, 6) is 0. The minimum atomic E-state index is 0.641. The third kappa shape index (κ3) is 5.47. The Kier molecular flexibility index (Phi) is 8.92. The van der Waals surface area contributed by atoms with Crippen molar-refractivity contribution in [3.8, 4) is 0 Å². The van der Waals surface area contributed by atoms with Crippen molar-refractivity contribution in [3.05, 3.63) is 52.5 Å². The Morgan fingerprint density at radius 1 is 1.21 bits per heavy atom. The van der Waals surface area contributed by atoms with Crippen LogP contribution in [0.25, 0.3) is 21.8 Å². The summed E-state index contributed by atoms with van der Waals surface area (Å²) < 4.78 is 0. The molecule has 4 rings (SSSR count). The summed E-state index contributed by atoms with van der Waals surface area (Å²) in [6, 6.07) is 10.2. The van der Waals surface area contributed by atoms with E-state index < -0.39 is 0 Å². The van der Waals surface area contributed by atoms with E-state index in [2.05, 4.69) is 38.1 Å². The van der Waals surface area contributed by atoms with E-state index in [4.69, 9.17) is 17.3 Å². The zero-order valence-electron chi connectivity index (χ0n) is 16.9. The van der Waals surface area contributed by atoms with E-state index in [1.165, 1.54) is 18.9 Å². The summed E-state index contributed by atoms with van der Waals surface area (Å²) in [4.78, 5) is 11.9. The number of fused-ring (bicyclic) bond motifs is 3. The van der Waals surface area contributed by atoms with Crippen LogP contribution in [-0.4, -0.2) is 29.9 Å². The van der Waals surface area contributed by atoms with Crippen LogP contribution in [0.4, 0.5) is 10.8 Å². The van der Waals surface area contributed by atoms with E-state index in [9.17, 15) is 0 Å². The molecule has 4 aromatic rings. The van der Waals surface area contributed by atoms with E-state index in [1.807, 2.05) is 37.4 Å². The van der Waals surface area contributed by atoms with Crippen LogP contribution in [0, 0.1) is 0 Å². The molecule has 0 atom stereocenters. The molecule has 0 unspecified atom stereocenters. The highest BCUT2D eigenvalue weighted by Gasteiger charge is 2.11. The number of halogens is 1. The number of aromatic amines is 1. The molecule has 0 amide bonds. The highest BCUT2D eigenvalue weighted by atomic mass is 35.5. The van der Waals surface area contributed by atoms with Crippen LogP contribution in [0.3, 0.4) is 0 Å². The van der Waals surface area contributed by atoms with Gasteiger partial charge in [-0.1, -0.05) is 25.4 Å². The van der Waals surface area contributed by atoms with Crippen molar-refractivity contribution >= 4 is 61.9 Å². The molecule has 8 heteroatoms. The molecule has 0 spiro atoms.